The lowest BCUT2D eigenvalue weighted by Crippen LogP contribution is -2.26. The van der Waals surface area contributed by atoms with E-state index < -0.39 is 17.2 Å². The molecule has 0 bridgehead atoms. The lowest BCUT2D eigenvalue weighted by atomic mass is 9.87. The topological polar surface area (TPSA) is 29.5 Å². The first-order valence-corrected chi connectivity index (χ1v) is 6.77. The molecule has 0 aromatic heterocycles. The Hall–Kier alpha value is -1.94. The fraction of sp³-hybridized carbons (Fsp3) is 0.294. The van der Waals surface area contributed by atoms with E-state index in [9.17, 15) is 13.9 Å². The van der Waals surface area contributed by atoms with Crippen LogP contribution in [0.2, 0.25) is 0 Å². The molecule has 0 heterocycles. The zero-order chi connectivity index (χ0) is 15.6. The Labute approximate surface area is 123 Å². The van der Waals surface area contributed by atoms with Crippen LogP contribution in [-0.2, 0) is 5.60 Å². The molecule has 0 radical (unpaired) electrons. The van der Waals surface area contributed by atoms with E-state index in [0.29, 0.717) is 11.3 Å². The van der Waals surface area contributed by atoms with Gasteiger partial charge < -0.3 is 9.84 Å². The standard InChI is InChI=1S/C17H18F2O2/c1-11(2)21-15-10-5-4-7-12(15)17(3,20)13-8-6-9-14(18)16(13)19/h4-11,20H,1-3H3. The molecule has 2 nitrogen and oxygen atoms in total. The normalized spacial score (nSPS) is 14.0. The van der Waals surface area contributed by atoms with Gasteiger partial charge in [-0.1, -0.05) is 30.3 Å². The predicted octanol–water partition coefficient (Wildman–Crippen LogP) is 4.01. The maximum atomic E-state index is 14.0. The van der Waals surface area contributed by atoms with Crippen LogP contribution in [-0.4, -0.2) is 11.2 Å². The van der Waals surface area contributed by atoms with Crippen molar-refractivity contribution in [2.24, 2.45) is 0 Å². The summed E-state index contributed by atoms with van der Waals surface area (Å²) in [7, 11) is 0. The Morgan fingerprint density at radius 1 is 1.00 bits per heavy atom. The molecule has 2 aromatic carbocycles. The highest BCUT2D eigenvalue weighted by atomic mass is 19.2. The Balaban J connectivity index is 2.56. The van der Waals surface area contributed by atoms with Gasteiger partial charge in [-0.15, -0.1) is 0 Å². The number of hydrogen-bond acceptors (Lipinski definition) is 2. The third-order valence-corrected chi connectivity index (χ3v) is 3.25. The van der Waals surface area contributed by atoms with Gasteiger partial charge in [0.1, 0.15) is 11.4 Å². The van der Waals surface area contributed by atoms with Crippen molar-refractivity contribution < 1.29 is 18.6 Å². The molecule has 0 saturated carbocycles. The van der Waals surface area contributed by atoms with Crippen LogP contribution >= 0.6 is 0 Å². The Kier molecular flexibility index (Phi) is 4.28. The third-order valence-electron chi connectivity index (χ3n) is 3.25. The minimum atomic E-state index is -1.70. The van der Waals surface area contributed by atoms with E-state index in [1.165, 1.54) is 19.1 Å². The summed E-state index contributed by atoms with van der Waals surface area (Å²) in [6.07, 6.45) is -0.0979. The number of ether oxygens (including phenoxy) is 1. The van der Waals surface area contributed by atoms with E-state index in [2.05, 4.69) is 0 Å². The van der Waals surface area contributed by atoms with Crippen LogP contribution in [0.5, 0.6) is 5.75 Å². The molecule has 0 spiro atoms. The van der Waals surface area contributed by atoms with Crippen molar-refractivity contribution in [2.45, 2.75) is 32.5 Å². The van der Waals surface area contributed by atoms with Crippen molar-refractivity contribution in [1.29, 1.82) is 0 Å². The lowest BCUT2D eigenvalue weighted by molar-refractivity contribution is 0.0909. The van der Waals surface area contributed by atoms with Crippen molar-refractivity contribution in [3.05, 3.63) is 65.2 Å². The first-order valence-electron chi connectivity index (χ1n) is 6.77. The average Bonchev–Trinajstić information content (AvgIpc) is 2.41. The Morgan fingerprint density at radius 3 is 2.29 bits per heavy atom. The van der Waals surface area contributed by atoms with E-state index in [4.69, 9.17) is 4.74 Å². The maximum absolute atomic E-state index is 14.0. The molecular weight excluding hydrogens is 274 g/mol. The fourth-order valence-electron chi connectivity index (χ4n) is 2.25. The zero-order valence-electron chi connectivity index (χ0n) is 12.2. The summed E-state index contributed by atoms with van der Waals surface area (Å²) in [6.45, 7) is 5.13. The minimum Gasteiger partial charge on any atom is -0.491 e. The molecule has 21 heavy (non-hydrogen) atoms. The molecule has 0 saturated heterocycles. The predicted molar refractivity (Wildman–Crippen MR) is 77.2 cm³/mol. The molecule has 2 aromatic rings. The van der Waals surface area contributed by atoms with Gasteiger partial charge >= 0.3 is 0 Å². The number of hydrogen-bond donors (Lipinski definition) is 1. The summed E-state index contributed by atoms with van der Waals surface area (Å²) in [5.41, 5.74) is -1.43. The average molecular weight is 292 g/mol. The van der Waals surface area contributed by atoms with E-state index in [1.54, 1.807) is 24.3 Å². The van der Waals surface area contributed by atoms with Gasteiger partial charge in [0.05, 0.1) is 6.10 Å². The number of para-hydroxylation sites is 1. The van der Waals surface area contributed by atoms with Crippen molar-refractivity contribution >= 4 is 0 Å². The summed E-state index contributed by atoms with van der Waals surface area (Å²) >= 11 is 0. The number of aliphatic hydroxyl groups is 1. The van der Waals surface area contributed by atoms with Gasteiger partial charge in [-0.2, -0.15) is 0 Å². The maximum Gasteiger partial charge on any atom is 0.165 e. The van der Waals surface area contributed by atoms with Crippen LogP contribution in [0.4, 0.5) is 8.78 Å². The van der Waals surface area contributed by atoms with Crippen LogP contribution in [0.15, 0.2) is 42.5 Å². The molecule has 4 heteroatoms. The third kappa shape index (κ3) is 3.05. The van der Waals surface area contributed by atoms with E-state index in [-0.39, 0.29) is 11.7 Å². The first-order chi connectivity index (χ1) is 9.84. The van der Waals surface area contributed by atoms with Crippen molar-refractivity contribution in [1.82, 2.24) is 0 Å². The minimum absolute atomic E-state index is 0.0979. The van der Waals surface area contributed by atoms with Gasteiger partial charge in [0, 0.05) is 11.1 Å². The van der Waals surface area contributed by atoms with Crippen LogP contribution < -0.4 is 4.74 Å². The molecule has 0 fully saturated rings. The van der Waals surface area contributed by atoms with Gasteiger partial charge in [-0.25, -0.2) is 8.78 Å². The van der Waals surface area contributed by atoms with Gasteiger partial charge in [0.25, 0.3) is 0 Å². The summed E-state index contributed by atoms with van der Waals surface area (Å²) in [5.74, 6) is -1.60. The molecule has 0 aliphatic heterocycles. The molecule has 2 rings (SSSR count). The molecule has 0 aliphatic carbocycles. The van der Waals surface area contributed by atoms with Gasteiger partial charge in [-0.05, 0) is 32.9 Å². The number of halogens is 2. The summed E-state index contributed by atoms with van der Waals surface area (Å²) in [6, 6.07) is 10.6. The second-order valence-electron chi connectivity index (χ2n) is 5.34. The van der Waals surface area contributed by atoms with Gasteiger partial charge in [-0.3, -0.25) is 0 Å². The fourth-order valence-corrected chi connectivity index (χ4v) is 2.25. The molecule has 1 atom stereocenters. The second-order valence-corrected chi connectivity index (χ2v) is 5.34. The SMILES string of the molecule is CC(C)Oc1ccccc1C(C)(O)c1cccc(F)c1F. The smallest absolute Gasteiger partial charge is 0.165 e. The quantitative estimate of drug-likeness (QED) is 0.922. The zero-order valence-corrected chi connectivity index (χ0v) is 12.2. The molecular formula is C17H18F2O2. The highest BCUT2D eigenvalue weighted by Gasteiger charge is 2.32. The van der Waals surface area contributed by atoms with E-state index >= 15 is 0 Å². The summed E-state index contributed by atoms with van der Waals surface area (Å²) in [4.78, 5) is 0. The first kappa shape index (κ1) is 15.4. The second kappa shape index (κ2) is 5.82. The summed E-state index contributed by atoms with van der Waals surface area (Å²) in [5, 5.41) is 10.8. The molecule has 1 N–H and O–H groups in total. The number of benzene rings is 2. The summed E-state index contributed by atoms with van der Waals surface area (Å²) < 4.78 is 33.1. The van der Waals surface area contributed by atoms with Crippen molar-refractivity contribution in [3.63, 3.8) is 0 Å². The van der Waals surface area contributed by atoms with Crippen LogP contribution in [0, 0.1) is 11.6 Å². The van der Waals surface area contributed by atoms with E-state index in [0.717, 1.165) is 6.07 Å². The Morgan fingerprint density at radius 2 is 1.62 bits per heavy atom. The molecule has 1 unspecified atom stereocenters. The number of rotatable bonds is 4. The highest BCUT2D eigenvalue weighted by molar-refractivity contribution is 5.44. The van der Waals surface area contributed by atoms with Crippen molar-refractivity contribution in [2.75, 3.05) is 0 Å². The molecule has 0 aliphatic rings. The van der Waals surface area contributed by atoms with Crippen LogP contribution in [0.25, 0.3) is 0 Å². The van der Waals surface area contributed by atoms with Crippen LogP contribution in [0.1, 0.15) is 31.9 Å². The van der Waals surface area contributed by atoms with Crippen LogP contribution in [0.3, 0.4) is 0 Å². The largest absolute Gasteiger partial charge is 0.491 e. The van der Waals surface area contributed by atoms with Crippen molar-refractivity contribution in [3.8, 4) is 5.75 Å². The lowest BCUT2D eigenvalue weighted by Gasteiger charge is -2.27. The molecule has 0 amide bonds. The highest BCUT2D eigenvalue weighted by Crippen LogP contribution is 2.37. The molecule has 112 valence electrons. The Bertz CT molecular complexity index is 636. The van der Waals surface area contributed by atoms with Gasteiger partial charge in [0.2, 0.25) is 0 Å². The monoisotopic (exact) mass is 292 g/mol. The van der Waals surface area contributed by atoms with Gasteiger partial charge in [0.15, 0.2) is 11.6 Å². The van der Waals surface area contributed by atoms with E-state index in [1.807, 2.05) is 13.8 Å².